The van der Waals surface area contributed by atoms with Gasteiger partial charge in [-0.05, 0) is 37.8 Å². The van der Waals surface area contributed by atoms with Gasteiger partial charge in [-0.2, -0.15) is 0 Å². The van der Waals surface area contributed by atoms with Crippen molar-refractivity contribution in [3.8, 4) is 5.75 Å². The highest BCUT2D eigenvalue weighted by atomic mass is 35.5. The number of methoxy groups -OCH3 is 1. The maximum absolute atomic E-state index is 12.2. The summed E-state index contributed by atoms with van der Waals surface area (Å²) in [5.74, 6) is 0.560. The maximum atomic E-state index is 12.2. The first-order valence-corrected chi connectivity index (χ1v) is 9.86. The lowest BCUT2D eigenvalue weighted by Crippen LogP contribution is -2.24. The Balaban J connectivity index is 0.00000338. The summed E-state index contributed by atoms with van der Waals surface area (Å²) in [7, 11) is 1.63. The lowest BCUT2D eigenvalue weighted by molar-refractivity contribution is -0.147. The fourth-order valence-corrected chi connectivity index (χ4v) is 3.43. The summed E-state index contributed by atoms with van der Waals surface area (Å²) in [6, 6.07) is 7.61. The van der Waals surface area contributed by atoms with Crippen molar-refractivity contribution in [1.82, 2.24) is 0 Å². The molecule has 0 amide bonds. The van der Waals surface area contributed by atoms with Crippen LogP contribution in [0.3, 0.4) is 0 Å². The Morgan fingerprint density at radius 1 is 0.962 bits per heavy atom. The number of para-hydroxylation sites is 2. The average Bonchev–Trinajstić information content (AvgIpc) is 2.62. The summed E-state index contributed by atoms with van der Waals surface area (Å²) in [5.41, 5.74) is 0.820. The zero-order valence-electron chi connectivity index (χ0n) is 16.0. The summed E-state index contributed by atoms with van der Waals surface area (Å²) in [6.45, 7) is 0.177. The molecule has 5 heteroatoms. The molecule has 0 bridgehead atoms. The van der Waals surface area contributed by atoms with Crippen LogP contribution in [0, 0.1) is 0 Å². The van der Waals surface area contributed by atoms with E-state index in [1.54, 1.807) is 7.11 Å². The number of hydrogen-bond donors (Lipinski definition) is 1. The molecule has 0 heterocycles. The van der Waals surface area contributed by atoms with Gasteiger partial charge >= 0.3 is 5.97 Å². The van der Waals surface area contributed by atoms with Crippen LogP contribution in [0.15, 0.2) is 24.3 Å². The molecule has 0 spiro atoms. The Morgan fingerprint density at radius 2 is 1.50 bits per heavy atom. The number of nitrogens with one attached hydrogen (secondary N) is 1. The van der Waals surface area contributed by atoms with E-state index in [1.165, 1.54) is 44.9 Å². The van der Waals surface area contributed by atoms with Crippen molar-refractivity contribution in [3.05, 3.63) is 24.3 Å². The van der Waals surface area contributed by atoms with E-state index < -0.39 is 0 Å². The predicted molar refractivity (Wildman–Crippen MR) is 109 cm³/mol. The highest BCUT2D eigenvalue weighted by Crippen LogP contribution is 2.23. The second-order valence-corrected chi connectivity index (χ2v) is 6.93. The first-order chi connectivity index (χ1) is 12.3. The van der Waals surface area contributed by atoms with E-state index in [-0.39, 0.29) is 31.0 Å². The molecule has 1 N–H and O–H groups in total. The Labute approximate surface area is 164 Å². The predicted octanol–water partition coefficient (Wildman–Crippen LogP) is 5.75. The number of rotatable bonds is 5. The summed E-state index contributed by atoms with van der Waals surface area (Å²) in [4.78, 5) is 12.2. The van der Waals surface area contributed by atoms with Crippen molar-refractivity contribution >= 4 is 24.1 Å². The second-order valence-electron chi connectivity index (χ2n) is 6.93. The SMILES string of the molecule is COc1ccccc1NCC(=O)OC1CCCCCCCCCCC1.Cl. The zero-order chi connectivity index (χ0) is 17.7. The lowest BCUT2D eigenvalue weighted by Gasteiger charge is -2.19. The molecule has 26 heavy (non-hydrogen) atoms. The van der Waals surface area contributed by atoms with E-state index in [0.717, 1.165) is 37.1 Å². The smallest absolute Gasteiger partial charge is 0.325 e. The van der Waals surface area contributed by atoms with E-state index in [9.17, 15) is 4.79 Å². The molecule has 0 aliphatic heterocycles. The monoisotopic (exact) mass is 383 g/mol. The number of ether oxygens (including phenoxy) is 2. The van der Waals surface area contributed by atoms with E-state index in [0.29, 0.717) is 0 Å². The molecule has 4 nitrogen and oxygen atoms in total. The molecule has 2 rings (SSSR count). The van der Waals surface area contributed by atoms with Crippen LogP contribution in [0.4, 0.5) is 5.69 Å². The van der Waals surface area contributed by atoms with Crippen molar-refractivity contribution in [1.29, 1.82) is 0 Å². The maximum Gasteiger partial charge on any atom is 0.325 e. The first kappa shape index (κ1) is 22.6. The van der Waals surface area contributed by atoms with Gasteiger partial charge in [0.25, 0.3) is 0 Å². The first-order valence-electron chi connectivity index (χ1n) is 9.86. The van der Waals surface area contributed by atoms with Gasteiger partial charge in [-0.25, -0.2) is 0 Å². The topological polar surface area (TPSA) is 47.6 Å². The highest BCUT2D eigenvalue weighted by Gasteiger charge is 2.15. The molecule has 1 aliphatic rings. The summed E-state index contributed by atoms with van der Waals surface area (Å²) in [5, 5.41) is 3.12. The molecule has 1 aliphatic carbocycles. The van der Waals surface area contributed by atoms with Crippen molar-refractivity contribution in [3.63, 3.8) is 0 Å². The van der Waals surface area contributed by atoms with Gasteiger partial charge in [0, 0.05) is 0 Å². The Kier molecular flexibility index (Phi) is 12.0. The Bertz CT molecular complexity index is 498. The lowest BCUT2D eigenvalue weighted by atomic mass is 9.99. The third-order valence-corrected chi connectivity index (χ3v) is 4.88. The van der Waals surface area contributed by atoms with Crippen LogP contribution in [0.2, 0.25) is 0 Å². The summed E-state index contributed by atoms with van der Waals surface area (Å²) >= 11 is 0. The molecule has 0 atom stereocenters. The van der Waals surface area contributed by atoms with Gasteiger partial charge in [0.2, 0.25) is 0 Å². The summed E-state index contributed by atoms with van der Waals surface area (Å²) < 4.78 is 11.0. The highest BCUT2D eigenvalue weighted by molar-refractivity contribution is 5.85. The second kappa shape index (κ2) is 13.7. The van der Waals surface area contributed by atoms with Crippen LogP contribution in [0.5, 0.6) is 5.75 Å². The van der Waals surface area contributed by atoms with Gasteiger partial charge in [0.05, 0.1) is 12.8 Å². The van der Waals surface area contributed by atoms with Crippen LogP contribution in [0.25, 0.3) is 0 Å². The third kappa shape index (κ3) is 8.79. The molecule has 0 unspecified atom stereocenters. The zero-order valence-corrected chi connectivity index (χ0v) is 16.8. The molecule has 148 valence electrons. The minimum atomic E-state index is -0.178. The molecule has 0 aromatic heterocycles. The fourth-order valence-electron chi connectivity index (χ4n) is 3.43. The quantitative estimate of drug-likeness (QED) is 0.658. The number of halogens is 1. The number of carbonyl (C=O) groups is 1. The number of benzene rings is 1. The van der Waals surface area contributed by atoms with Crippen LogP contribution in [0.1, 0.15) is 70.6 Å². The van der Waals surface area contributed by atoms with Crippen LogP contribution in [-0.4, -0.2) is 25.7 Å². The molecule has 1 saturated carbocycles. The number of anilines is 1. The van der Waals surface area contributed by atoms with E-state index in [2.05, 4.69) is 5.32 Å². The number of carbonyl (C=O) groups excluding carboxylic acids is 1. The van der Waals surface area contributed by atoms with Crippen LogP contribution < -0.4 is 10.1 Å². The fraction of sp³-hybridized carbons (Fsp3) is 0.667. The van der Waals surface area contributed by atoms with E-state index in [4.69, 9.17) is 9.47 Å². The molecule has 0 saturated heterocycles. The van der Waals surface area contributed by atoms with Gasteiger partial charge in [-0.3, -0.25) is 4.79 Å². The number of esters is 1. The molecular weight excluding hydrogens is 350 g/mol. The molecular formula is C21H34ClNO3. The minimum absolute atomic E-state index is 0. The van der Waals surface area contributed by atoms with Crippen molar-refractivity contribution in [2.24, 2.45) is 0 Å². The Hall–Kier alpha value is -1.42. The number of hydrogen-bond acceptors (Lipinski definition) is 4. The van der Waals surface area contributed by atoms with E-state index >= 15 is 0 Å². The van der Waals surface area contributed by atoms with E-state index in [1.807, 2.05) is 24.3 Å². The van der Waals surface area contributed by atoms with Crippen molar-refractivity contribution < 1.29 is 14.3 Å². The van der Waals surface area contributed by atoms with Gasteiger partial charge in [-0.1, -0.05) is 57.1 Å². The average molecular weight is 384 g/mol. The van der Waals surface area contributed by atoms with Crippen molar-refractivity contribution in [2.45, 2.75) is 76.7 Å². The van der Waals surface area contributed by atoms with Crippen LogP contribution in [-0.2, 0) is 9.53 Å². The normalized spacial score (nSPS) is 17.1. The van der Waals surface area contributed by atoms with Crippen molar-refractivity contribution in [2.75, 3.05) is 19.0 Å². The molecule has 1 aromatic carbocycles. The molecule has 0 radical (unpaired) electrons. The van der Waals surface area contributed by atoms with Gasteiger partial charge in [-0.15, -0.1) is 12.4 Å². The largest absolute Gasteiger partial charge is 0.495 e. The molecule has 1 fully saturated rings. The minimum Gasteiger partial charge on any atom is -0.495 e. The van der Waals surface area contributed by atoms with Gasteiger partial charge < -0.3 is 14.8 Å². The van der Waals surface area contributed by atoms with Gasteiger partial charge in [0.1, 0.15) is 18.4 Å². The van der Waals surface area contributed by atoms with Crippen LogP contribution >= 0.6 is 12.4 Å². The third-order valence-electron chi connectivity index (χ3n) is 4.88. The van der Waals surface area contributed by atoms with Gasteiger partial charge in [0.15, 0.2) is 0 Å². The Morgan fingerprint density at radius 3 is 2.08 bits per heavy atom. The molecule has 1 aromatic rings. The standard InChI is InChI=1S/C21H33NO3.ClH/c1-24-20-16-12-11-15-19(20)22-17-21(23)25-18-13-9-7-5-3-2-4-6-8-10-14-18;/h11-12,15-16,18,22H,2-10,13-14,17H2,1H3;1H. The summed E-state index contributed by atoms with van der Waals surface area (Å²) in [6.07, 6.45) is 13.6.